The van der Waals surface area contributed by atoms with Crippen LogP contribution in [0.2, 0.25) is 0 Å². The third kappa shape index (κ3) is 2.20. The number of hydrogen-bond acceptors (Lipinski definition) is 6. The highest BCUT2D eigenvalue weighted by Gasteiger charge is 2.13. The van der Waals surface area contributed by atoms with Crippen LogP contribution in [0.5, 0.6) is 5.88 Å². The number of methoxy groups -OCH3 is 1. The Bertz CT molecular complexity index is 726. The van der Waals surface area contributed by atoms with E-state index in [1.165, 1.54) is 18.2 Å². The van der Waals surface area contributed by atoms with Crippen molar-refractivity contribution in [2.24, 2.45) is 0 Å². The molecule has 0 aliphatic rings. The summed E-state index contributed by atoms with van der Waals surface area (Å²) in [6.45, 7) is 0.401. The Morgan fingerprint density at radius 2 is 2.00 bits per heavy atom. The third-order valence-electron chi connectivity index (χ3n) is 2.76. The Balaban J connectivity index is 1.91. The monoisotopic (exact) mass is 271 g/mol. The molecule has 0 amide bonds. The van der Waals surface area contributed by atoms with Gasteiger partial charge < -0.3 is 15.3 Å². The molecule has 1 aromatic carbocycles. The SMILES string of the molecule is COc1nc(N)nc2c1ncn2OCc1ccccc1. The number of fused-ring (bicyclic) bond motifs is 1. The molecular weight excluding hydrogens is 258 g/mol. The van der Waals surface area contributed by atoms with Crippen LogP contribution in [0, 0.1) is 0 Å². The number of nitrogens with two attached hydrogens (primary N) is 1. The van der Waals surface area contributed by atoms with Crippen molar-refractivity contribution in [1.82, 2.24) is 19.7 Å². The lowest BCUT2D eigenvalue weighted by molar-refractivity contribution is 0.105. The smallest absolute Gasteiger partial charge is 0.247 e. The lowest BCUT2D eigenvalue weighted by Gasteiger charge is -2.07. The number of nitrogens with zero attached hydrogens (tertiary/aromatic N) is 4. The Morgan fingerprint density at radius 1 is 1.20 bits per heavy atom. The summed E-state index contributed by atoms with van der Waals surface area (Å²) in [5.74, 6) is 0.439. The highest BCUT2D eigenvalue weighted by atomic mass is 16.7. The van der Waals surface area contributed by atoms with Crippen molar-refractivity contribution < 1.29 is 9.57 Å². The van der Waals surface area contributed by atoms with Crippen LogP contribution in [0.15, 0.2) is 36.7 Å². The molecule has 0 saturated carbocycles. The highest BCUT2D eigenvalue weighted by molar-refractivity contribution is 5.77. The highest BCUT2D eigenvalue weighted by Crippen LogP contribution is 2.20. The zero-order valence-electron chi connectivity index (χ0n) is 10.9. The zero-order chi connectivity index (χ0) is 13.9. The second-order valence-electron chi connectivity index (χ2n) is 4.09. The maximum absolute atomic E-state index is 5.65. The van der Waals surface area contributed by atoms with Crippen LogP contribution >= 0.6 is 0 Å². The minimum Gasteiger partial charge on any atom is -0.479 e. The van der Waals surface area contributed by atoms with Gasteiger partial charge in [0.2, 0.25) is 17.5 Å². The minimum absolute atomic E-state index is 0.111. The van der Waals surface area contributed by atoms with E-state index in [2.05, 4.69) is 15.0 Å². The number of rotatable bonds is 4. The molecule has 0 atom stereocenters. The van der Waals surface area contributed by atoms with Crippen LogP contribution in [-0.2, 0) is 6.61 Å². The van der Waals surface area contributed by atoms with Gasteiger partial charge >= 0.3 is 0 Å². The molecule has 7 heteroatoms. The van der Waals surface area contributed by atoms with Gasteiger partial charge in [-0.25, -0.2) is 4.98 Å². The van der Waals surface area contributed by atoms with Crippen LogP contribution in [0.25, 0.3) is 11.2 Å². The molecular formula is C13H13N5O2. The third-order valence-corrected chi connectivity index (χ3v) is 2.76. The van der Waals surface area contributed by atoms with Gasteiger partial charge in [0.25, 0.3) is 0 Å². The molecule has 0 unspecified atom stereocenters. The molecule has 2 N–H and O–H groups in total. The van der Waals surface area contributed by atoms with Gasteiger partial charge in [-0.3, -0.25) is 0 Å². The number of hydrogen-bond donors (Lipinski definition) is 1. The predicted octanol–water partition coefficient (Wildman–Crippen LogP) is 1.05. The summed E-state index contributed by atoms with van der Waals surface area (Å²) in [5.41, 5.74) is 7.67. The second-order valence-corrected chi connectivity index (χ2v) is 4.09. The van der Waals surface area contributed by atoms with E-state index in [-0.39, 0.29) is 5.95 Å². The average molecular weight is 271 g/mol. The molecule has 0 saturated heterocycles. The number of ether oxygens (including phenoxy) is 1. The van der Waals surface area contributed by atoms with E-state index in [9.17, 15) is 0 Å². The molecule has 7 nitrogen and oxygen atoms in total. The van der Waals surface area contributed by atoms with E-state index in [0.717, 1.165) is 5.56 Å². The fraction of sp³-hybridized carbons (Fsp3) is 0.154. The van der Waals surface area contributed by atoms with E-state index >= 15 is 0 Å². The number of nitrogen functional groups attached to an aromatic ring is 1. The molecule has 3 rings (SSSR count). The van der Waals surface area contributed by atoms with Crippen molar-refractivity contribution in [2.45, 2.75) is 6.61 Å². The standard InChI is InChI=1S/C13H13N5O2/c1-19-12-10-11(16-13(14)17-12)18(8-15-10)20-7-9-5-3-2-4-6-9/h2-6,8H,7H2,1H3,(H2,14,16,17). The minimum atomic E-state index is 0.111. The summed E-state index contributed by atoms with van der Waals surface area (Å²) < 4.78 is 6.58. The molecule has 2 heterocycles. The number of anilines is 1. The number of benzene rings is 1. The summed E-state index contributed by atoms with van der Waals surface area (Å²) in [6.07, 6.45) is 1.52. The predicted molar refractivity (Wildman–Crippen MR) is 73.0 cm³/mol. The van der Waals surface area contributed by atoms with Crippen LogP contribution in [0.4, 0.5) is 5.95 Å². The number of imidazole rings is 1. The quantitative estimate of drug-likeness (QED) is 0.763. The molecule has 0 bridgehead atoms. The van der Waals surface area contributed by atoms with Crippen molar-refractivity contribution in [3.63, 3.8) is 0 Å². The molecule has 0 spiro atoms. The van der Waals surface area contributed by atoms with E-state index in [1.807, 2.05) is 30.3 Å². The fourth-order valence-electron chi connectivity index (χ4n) is 1.83. The Kier molecular flexibility index (Phi) is 3.08. The van der Waals surface area contributed by atoms with Gasteiger partial charge in [0.05, 0.1) is 7.11 Å². The molecule has 3 aromatic rings. The van der Waals surface area contributed by atoms with Crippen LogP contribution < -0.4 is 15.3 Å². The van der Waals surface area contributed by atoms with Gasteiger partial charge in [-0.2, -0.15) is 14.7 Å². The van der Waals surface area contributed by atoms with Gasteiger partial charge in [0, 0.05) is 0 Å². The van der Waals surface area contributed by atoms with Crippen LogP contribution in [0.1, 0.15) is 5.56 Å². The summed E-state index contributed by atoms with van der Waals surface area (Å²) in [6, 6.07) is 9.81. The fourth-order valence-corrected chi connectivity index (χ4v) is 1.83. The van der Waals surface area contributed by atoms with E-state index in [1.54, 1.807) is 0 Å². The van der Waals surface area contributed by atoms with Gasteiger partial charge in [-0.15, -0.1) is 0 Å². The van der Waals surface area contributed by atoms with E-state index in [0.29, 0.717) is 23.7 Å². The molecule has 2 aromatic heterocycles. The van der Waals surface area contributed by atoms with Crippen molar-refractivity contribution in [3.8, 4) is 5.88 Å². The first-order valence-electron chi connectivity index (χ1n) is 5.99. The summed E-state index contributed by atoms with van der Waals surface area (Å²) in [7, 11) is 1.51. The Morgan fingerprint density at radius 3 is 2.75 bits per heavy atom. The molecule has 0 aliphatic heterocycles. The molecule has 102 valence electrons. The number of aromatic nitrogens is 4. The van der Waals surface area contributed by atoms with E-state index in [4.69, 9.17) is 15.3 Å². The zero-order valence-corrected chi connectivity index (χ0v) is 10.9. The van der Waals surface area contributed by atoms with Crippen molar-refractivity contribution in [1.29, 1.82) is 0 Å². The largest absolute Gasteiger partial charge is 0.479 e. The lowest BCUT2D eigenvalue weighted by Crippen LogP contribution is -2.11. The topological polar surface area (TPSA) is 88.1 Å². The van der Waals surface area contributed by atoms with Crippen LogP contribution in [-0.4, -0.2) is 26.8 Å². The molecule has 0 aliphatic carbocycles. The molecule has 0 fully saturated rings. The summed E-state index contributed by atoms with van der Waals surface area (Å²) in [4.78, 5) is 17.9. The first kappa shape index (κ1) is 12.2. The maximum Gasteiger partial charge on any atom is 0.247 e. The average Bonchev–Trinajstić information content (AvgIpc) is 2.88. The van der Waals surface area contributed by atoms with Crippen molar-refractivity contribution in [3.05, 3.63) is 42.2 Å². The van der Waals surface area contributed by atoms with Gasteiger partial charge in [0.1, 0.15) is 12.9 Å². The van der Waals surface area contributed by atoms with Crippen LogP contribution in [0.3, 0.4) is 0 Å². The normalized spacial score (nSPS) is 10.7. The first-order valence-corrected chi connectivity index (χ1v) is 5.99. The van der Waals surface area contributed by atoms with Gasteiger partial charge in [-0.1, -0.05) is 30.3 Å². The Hall–Kier alpha value is -2.83. The second kappa shape index (κ2) is 5.04. The Labute approximate surface area is 114 Å². The maximum atomic E-state index is 5.65. The summed E-state index contributed by atoms with van der Waals surface area (Å²) in [5, 5.41) is 0. The first-order chi connectivity index (χ1) is 9.78. The van der Waals surface area contributed by atoms with Gasteiger partial charge in [-0.05, 0) is 5.56 Å². The van der Waals surface area contributed by atoms with E-state index < -0.39 is 0 Å². The van der Waals surface area contributed by atoms with Crippen molar-refractivity contribution >= 4 is 17.1 Å². The molecule has 0 radical (unpaired) electrons. The summed E-state index contributed by atoms with van der Waals surface area (Å²) >= 11 is 0. The lowest BCUT2D eigenvalue weighted by atomic mass is 10.2. The molecule has 20 heavy (non-hydrogen) atoms. The van der Waals surface area contributed by atoms with Gasteiger partial charge in [0.15, 0.2) is 5.52 Å². The van der Waals surface area contributed by atoms with Crippen molar-refractivity contribution in [2.75, 3.05) is 12.8 Å².